The molecule has 0 unspecified atom stereocenters. The zero-order chi connectivity index (χ0) is 10.8. The Hall–Kier alpha value is -1.03. The Morgan fingerprint density at radius 1 is 1.36 bits per heavy atom. The van der Waals surface area contributed by atoms with Gasteiger partial charge in [0.1, 0.15) is 6.04 Å². The van der Waals surface area contributed by atoms with Crippen LogP contribution in [0.5, 0.6) is 0 Å². The molecule has 0 spiro atoms. The van der Waals surface area contributed by atoms with Crippen molar-refractivity contribution in [1.82, 2.24) is 0 Å². The molecule has 0 bridgehead atoms. The summed E-state index contributed by atoms with van der Waals surface area (Å²) in [7, 11) is 0. The van der Waals surface area contributed by atoms with E-state index < -0.39 is 12.2 Å². The SMILES string of the molecule is Cc1cccc(C[C@@H](N)C(F)(F)F)c1. The van der Waals surface area contributed by atoms with Gasteiger partial charge in [0.2, 0.25) is 0 Å². The van der Waals surface area contributed by atoms with E-state index in [1.807, 2.05) is 13.0 Å². The van der Waals surface area contributed by atoms with E-state index in [2.05, 4.69) is 0 Å². The van der Waals surface area contributed by atoms with Crippen LogP contribution in [-0.4, -0.2) is 12.2 Å². The van der Waals surface area contributed by atoms with Crippen molar-refractivity contribution < 1.29 is 13.2 Å². The molecular formula is C10H12F3N. The Bertz CT molecular complexity index is 306. The van der Waals surface area contributed by atoms with Crippen LogP contribution in [-0.2, 0) is 6.42 Å². The number of halogens is 3. The maximum atomic E-state index is 12.1. The normalized spacial score (nSPS) is 14.1. The molecule has 0 saturated heterocycles. The molecule has 2 N–H and O–H groups in total. The van der Waals surface area contributed by atoms with Gasteiger partial charge in [0.05, 0.1) is 0 Å². The predicted molar refractivity (Wildman–Crippen MR) is 48.9 cm³/mol. The molecule has 0 aliphatic rings. The molecule has 1 atom stereocenters. The molecule has 0 amide bonds. The van der Waals surface area contributed by atoms with E-state index in [-0.39, 0.29) is 6.42 Å². The molecule has 1 nitrogen and oxygen atoms in total. The monoisotopic (exact) mass is 203 g/mol. The van der Waals surface area contributed by atoms with Crippen molar-refractivity contribution in [2.75, 3.05) is 0 Å². The van der Waals surface area contributed by atoms with Gasteiger partial charge in [-0.2, -0.15) is 13.2 Å². The van der Waals surface area contributed by atoms with Gasteiger partial charge in [-0.1, -0.05) is 29.8 Å². The van der Waals surface area contributed by atoms with E-state index in [0.29, 0.717) is 5.56 Å². The highest BCUT2D eigenvalue weighted by atomic mass is 19.4. The van der Waals surface area contributed by atoms with E-state index in [0.717, 1.165) is 5.56 Å². The fourth-order valence-corrected chi connectivity index (χ4v) is 1.21. The molecule has 0 fully saturated rings. The first-order valence-electron chi connectivity index (χ1n) is 4.27. The van der Waals surface area contributed by atoms with Crippen LogP contribution in [0.15, 0.2) is 24.3 Å². The lowest BCUT2D eigenvalue weighted by molar-refractivity contribution is -0.147. The summed E-state index contributed by atoms with van der Waals surface area (Å²) >= 11 is 0. The molecule has 0 aliphatic carbocycles. The number of alkyl halides is 3. The van der Waals surface area contributed by atoms with Crippen molar-refractivity contribution in [2.24, 2.45) is 5.73 Å². The van der Waals surface area contributed by atoms with Crippen molar-refractivity contribution in [3.05, 3.63) is 35.4 Å². The van der Waals surface area contributed by atoms with Crippen LogP contribution in [0.25, 0.3) is 0 Å². The number of rotatable bonds is 2. The summed E-state index contributed by atoms with van der Waals surface area (Å²) < 4.78 is 36.3. The Kier molecular flexibility index (Phi) is 3.16. The van der Waals surface area contributed by atoms with Crippen LogP contribution >= 0.6 is 0 Å². The number of nitrogens with two attached hydrogens (primary N) is 1. The Balaban J connectivity index is 2.70. The zero-order valence-electron chi connectivity index (χ0n) is 7.81. The maximum absolute atomic E-state index is 12.1. The topological polar surface area (TPSA) is 26.0 Å². The molecule has 0 aliphatic heterocycles. The molecule has 1 aromatic rings. The van der Waals surface area contributed by atoms with Gasteiger partial charge in [-0.3, -0.25) is 0 Å². The highest BCUT2D eigenvalue weighted by Gasteiger charge is 2.36. The molecule has 0 saturated carbocycles. The summed E-state index contributed by atoms with van der Waals surface area (Å²) in [5.74, 6) is 0. The predicted octanol–water partition coefficient (Wildman–Crippen LogP) is 2.43. The molecular weight excluding hydrogens is 191 g/mol. The molecule has 4 heteroatoms. The smallest absolute Gasteiger partial charge is 0.320 e. The van der Waals surface area contributed by atoms with Gasteiger partial charge in [-0.15, -0.1) is 0 Å². The number of aryl methyl sites for hydroxylation is 1. The first-order chi connectivity index (χ1) is 6.39. The Morgan fingerprint density at radius 2 is 2.00 bits per heavy atom. The van der Waals surface area contributed by atoms with Gasteiger partial charge in [0, 0.05) is 0 Å². The summed E-state index contributed by atoms with van der Waals surface area (Å²) in [6.45, 7) is 1.84. The summed E-state index contributed by atoms with van der Waals surface area (Å²) in [5.41, 5.74) is 6.57. The highest BCUT2D eigenvalue weighted by Crippen LogP contribution is 2.21. The van der Waals surface area contributed by atoms with Crippen LogP contribution in [0.1, 0.15) is 11.1 Å². The average Bonchev–Trinajstić information content (AvgIpc) is 2.02. The second-order valence-corrected chi connectivity index (χ2v) is 3.34. The van der Waals surface area contributed by atoms with E-state index in [4.69, 9.17) is 5.73 Å². The minimum absolute atomic E-state index is 0.162. The lowest BCUT2D eigenvalue weighted by Gasteiger charge is -2.15. The van der Waals surface area contributed by atoms with Crippen molar-refractivity contribution in [1.29, 1.82) is 0 Å². The van der Waals surface area contributed by atoms with Gasteiger partial charge in [-0.25, -0.2) is 0 Å². The van der Waals surface area contributed by atoms with Crippen LogP contribution in [0.2, 0.25) is 0 Å². The largest absolute Gasteiger partial charge is 0.403 e. The Morgan fingerprint density at radius 3 is 2.50 bits per heavy atom. The van der Waals surface area contributed by atoms with Gasteiger partial charge >= 0.3 is 6.18 Å². The van der Waals surface area contributed by atoms with E-state index in [1.165, 1.54) is 0 Å². The molecule has 0 heterocycles. The fourth-order valence-electron chi connectivity index (χ4n) is 1.21. The Labute approximate surface area is 80.7 Å². The van der Waals surface area contributed by atoms with E-state index in [9.17, 15) is 13.2 Å². The second-order valence-electron chi connectivity index (χ2n) is 3.34. The minimum Gasteiger partial charge on any atom is -0.320 e. The first kappa shape index (κ1) is 11.0. The van der Waals surface area contributed by atoms with Gasteiger partial charge in [0.15, 0.2) is 0 Å². The van der Waals surface area contributed by atoms with Crippen LogP contribution in [0.4, 0.5) is 13.2 Å². The molecule has 1 rings (SSSR count). The van der Waals surface area contributed by atoms with E-state index >= 15 is 0 Å². The summed E-state index contributed by atoms with van der Waals surface area (Å²) in [5, 5.41) is 0. The summed E-state index contributed by atoms with van der Waals surface area (Å²) in [6, 6.07) is 5.16. The molecule has 0 aromatic heterocycles. The van der Waals surface area contributed by atoms with Crippen molar-refractivity contribution in [3.8, 4) is 0 Å². The summed E-state index contributed by atoms with van der Waals surface area (Å²) in [4.78, 5) is 0. The van der Waals surface area contributed by atoms with Gasteiger partial charge in [-0.05, 0) is 18.9 Å². The average molecular weight is 203 g/mol. The van der Waals surface area contributed by atoms with Crippen molar-refractivity contribution in [2.45, 2.75) is 25.6 Å². The third-order valence-electron chi connectivity index (χ3n) is 1.96. The fraction of sp³-hybridized carbons (Fsp3) is 0.400. The van der Waals surface area contributed by atoms with Crippen molar-refractivity contribution in [3.63, 3.8) is 0 Å². The zero-order valence-corrected chi connectivity index (χ0v) is 7.81. The molecule has 14 heavy (non-hydrogen) atoms. The highest BCUT2D eigenvalue weighted by molar-refractivity contribution is 5.23. The molecule has 78 valence electrons. The van der Waals surface area contributed by atoms with Crippen LogP contribution in [0, 0.1) is 6.92 Å². The number of hydrogen-bond donors (Lipinski definition) is 1. The quantitative estimate of drug-likeness (QED) is 0.784. The third kappa shape index (κ3) is 3.03. The second kappa shape index (κ2) is 4.00. The lowest BCUT2D eigenvalue weighted by atomic mass is 10.0. The number of hydrogen-bond acceptors (Lipinski definition) is 1. The summed E-state index contributed by atoms with van der Waals surface area (Å²) in [6.07, 6.45) is -4.48. The third-order valence-corrected chi connectivity index (χ3v) is 1.96. The lowest BCUT2D eigenvalue weighted by Crippen LogP contribution is -2.39. The minimum atomic E-state index is -4.32. The maximum Gasteiger partial charge on any atom is 0.403 e. The van der Waals surface area contributed by atoms with Gasteiger partial charge in [0.25, 0.3) is 0 Å². The van der Waals surface area contributed by atoms with Gasteiger partial charge < -0.3 is 5.73 Å². The van der Waals surface area contributed by atoms with Crippen molar-refractivity contribution >= 4 is 0 Å². The standard InChI is InChI=1S/C10H12F3N/c1-7-3-2-4-8(5-7)6-9(14)10(11,12)13/h2-5,9H,6,14H2,1H3/t9-/m1/s1. The first-order valence-corrected chi connectivity index (χ1v) is 4.27. The molecule has 1 aromatic carbocycles. The number of benzene rings is 1. The van der Waals surface area contributed by atoms with Crippen LogP contribution < -0.4 is 5.73 Å². The van der Waals surface area contributed by atoms with E-state index in [1.54, 1.807) is 18.2 Å². The molecule has 0 radical (unpaired) electrons. The van der Waals surface area contributed by atoms with Crippen LogP contribution in [0.3, 0.4) is 0 Å².